The van der Waals surface area contributed by atoms with Gasteiger partial charge in [-0.25, -0.2) is 9.37 Å². The monoisotopic (exact) mass is 354 g/mol. The van der Waals surface area contributed by atoms with Gasteiger partial charge in [0.25, 0.3) is 0 Å². The van der Waals surface area contributed by atoms with Crippen LogP contribution in [0.25, 0.3) is 10.9 Å². The Morgan fingerprint density at radius 3 is 2.52 bits per heavy atom. The lowest BCUT2D eigenvalue weighted by atomic mass is 10.0. The molecule has 1 N–H and O–H groups in total. The first-order valence-electron chi connectivity index (χ1n) is 7.99. The molecule has 5 heteroatoms. The summed E-state index contributed by atoms with van der Waals surface area (Å²) in [5.74, 6) is -0.217. The van der Waals surface area contributed by atoms with Crippen LogP contribution in [-0.4, -0.2) is 16.6 Å². The molecule has 3 nitrogen and oxygen atoms in total. The molecule has 0 atom stereocenters. The maximum absolute atomic E-state index is 12.9. The highest BCUT2D eigenvalue weighted by atomic mass is 32.2. The lowest BCUT2D eigenvalue weighted by molar-refractivity contribution is -0.113. The van der Waals surface area contributed by atoms with Crippen LogP contribution in [0.2, 0.25) is 0 Å². The molecule has 0 aliphatic heterocycles. The van der Waals surface area contributed by atoms with Crippen molar-refractivity contribution in [2.45, 2.75) is 25.8 Å². The van der Waals surface area contributed by atoms with E-state index < -0.39 is 0 Å². The molecular formula is C20H19FN2OS. The summed E-state index contributed by atoms with van der Waals surface area (Å²) in [6.45, 7) is 6.19. The number of amides is 1. The summed E-state index contributed by atoms with van der Waals surface area (Å²) < 4.78 is 12.9. The molecule has 3 rings (SSSR count). The molecule has 25 heavy (non-hydrogen) atoms. The van der Waals surface area contributed by atoms with Gasteiger partial charge in [0.1, 0.15) is 5.82 Å². The molecule has 0 spiro atoms. The number of carbonyl (C=O) groups excluding carboxylic acids is 1. The standard InChI is InChI=1S/C20H19FN2OS/c1-12-8-14(3)20-17(9-12)13(2)10-19(23-20)25-11-18(24)22-16-6-4-15(21)5-7-16/h4-10H,11H2,1-3H3,(H,22,24). The lowest BCUT2D eigenvalue weighted by Crippen LogP contribution is -2.14. The second kappa shape index (κ2) is 7.23. The van der Waals surface area contributed by atoms with Gasteiger partial charge in [-0.2, -0.15) is 0 Å². The second-order valence-corrected chi connectivity index (χ2v) is 7.09. The molecule has 128 valence electrons. The van der Waals surface area contributed by atoms with Crippen molar-refractivity contribution in [1.29, 1.82) is 0 Å². The number of anilines is 1. The Morgan fingerprint density at radius 2 is 1.80 bits per heavy atom. The van der Waals surface area contributed by atoms with E-state index in [1.807, 2.05) is 6.07 Å². The summed E-state index contributed by atoms with van der Waals surface area (Å²) in [5.41, 5.74) is 5.07. The van der Waals surface area contributed by atoms with E-state index in [9.17, 15) is 9.18 Å². The Morgan fingerprint density at radius 1 is 1.08 bits per heavy atom. The fourth-order valence-electron chi connectivity index (χ4n) is 2.76. The number of aromatic nitrogens is 1. The van der Waals surface area contributed by atoms with E-state index in [1.165, 1.54) is 29.5 Å². The van der Waals surface area contributed by atoms with Gasteiger partial charge < -0.3 is 5.32 Å². The molecular weight excluding hydrogens is 335 g/mol. The number of pyridine rings is 1. The van der Waals surface area contributed by atoms with Gasteiger partial charge in [-0.15, -0.1) is 0 Å². The summed E-state index contributed by atoms with van der Waals surface area (Å²) in [4.78, 5) is 16.8. The Bertz CT molecular complexity index is 939. The highest BCUT2D eigenvalue weighted by molar-refractivity contribution is 7.99. The van der Waals surface area contributed by atoms with E-state index in [-0.39, 0.29) is 17.5 Å². The zero-order valence-electron chi connectivity index (χ0n) is 14.4. The molecule has 0 radical (unpaired) electrons. The van der Waals surface area contributed by atoms with Gasteiger partial charge in [0.05, 0.1) is 16.3 Å². The summed E-state index contributed by atoms with van der Waals surface area (Å²) in [7, 11) is 0. The van der Waals surface area contributed by atoms with E-state index in [2.05, 4.69) is 38.2 Å². The molecule has 1 heterocycles. The minimum Gasteiger partial charge on any atom is -0.325 e. The lowest BCUT2D eigenvalue weighted by Gasteiger charge is -2.10. The zero-order valence-corrected chi connectivity index (χ0v) is 15.2. The van der Waals surface area contributed by atoms with E-state index in [0.29, 0.717) is 5.69 Å². The Kier molecular flexibility index (Phi) is 5.04. The summed E-state index contributed by atoms with van der Waals surface area (Å²) in [6.07, 6.45) is 0. The predicted octanol–water partition coefficient (Wildman–Crippen LogP) is 5.03. The van der Waals surface area contributed by atoms with Crippen LogP contribution < -0.4 is 5.32 Å². The Balaban J connectivity index is 1.72. The molecule has 0 saturated carbocycles. The van der Waals surface area contributed by atoms with Crippen LogP contribution in [0.3, 0.4) is 0 Å². The van der Waals surface area contributed by atoms with Crippen molar-refractivity contribution in [3.8, 4) is 0 Å². The molecule has 2 aromatic carbocycles. The maximum Gasteiger partial charge on any atom is 0.234 e. The normalized spacial score (nSPS) is 10.9. The van der Waals surface area contributed by atoms with Gasteiger partial charge in [-0.1, -0.05) is 23.4 Å². The number of rotatable bonds is 4. The van der Waals surface area contributed by atoms with Gasteiger partial charge in [-0.3, -0.25) is 4.79 Å². The smallest absolute Gasteiger partial charge is 0.234 e. The first kappa shape index (κ1) is 17.4. The number of hydrogen-bond acceptors (Lipinski definition) is 3. The van der Waals surface area contributed by atoms with Crippen molar-refractivity contribution < 1.29 is 9.18 Å². The van der Waals surface area contributed by atoms with Crippen molar-refractivity contribution in [2.24, 2.45) is 0 Å². The van der Waals surface area contributed by atoms with Crippen molar-refractivity contribution >= 4 is 34.3 Å². The molecule has 0 aliphatic carbocycles. The molecule has 0 saturated heterocycles. The van der Waals surface area contributed by atoms with Crippen LogP contribution in [0, 0.1) is 26.6 Å². The molecule has 0 aliphatic rings. The third-order valence-corrected chi connectivity index (χ3v) is 4.82. The number of hydrogen-bond donors (Lipinski definition) is 1. The van der Waals surface area contributed by atoms with Crippen molar-refractivity contribution in [1.82, 2.24) is 4.98 Å². The van der Waals surface area contributed by atoms with E-state index in [1.54, 1.807) is 12.1 Å². The van der Waals surface area contributed by atoms with Gasteiger partial charge >= 0.3 is 0 Å². The maximum atomic E-state index is 12.9. The van der Waals surface area contributed by atoms with Crippen molar-refractivity contribution in [2.75, 3.05) is 11.1 Å². The third-order valence-electron chi connectivity index (χ3n) is 3.91. The molecule has 1 aromatic heterocycles. The molecule has 3 aromatic rings. The minimum absolute atomic E-state index is 0.142. The van der Waals surface area contributed by atoms with E-state index >= 15 is 0 Å². The number of nitrogens with one attached hydrogen (secondary N) is 1. The number of nitrogens with zero attached hydrogens (tertiary/aromatic N) is 1. The van der Waals surface area contributed by atoms with Crippen molar-refractivity contribution in [3.05, 3.63) is 65.0 Å². The minimum atomic E-state index is -0.325. The largest absolute Gasteiger partial charge is 0.325 e. The summed E-state index contributed by atoms with van der Waals surface area (Å²) in [5, 5.41) is 4.73. The van der Waals surface area contributed by atoms with Crippen LogP contribution in [-0.2, 0) is 4.79 Å². The number of benzene rings is 2. The quantitative estimate of drug-likeness (QED) is 0.668. The van der Waals surface area contributed by atoms with Gasteiger partial charge in [0.15, 0.2) is 0 Å². The highest BCUT2D eigenvalue weighted by Crippen LogP contribution is 2.27. The first-order chi connectivity index (χ1) is 11.9. The SMILES string of the molecule is Cc1cc(C)c2nc(SCC(=O)Nc3ccc(F)cc3)cc(C)c2c1. The zero-order chi connectivity index (χ0) is 18.0. The van der Waals surface area contributed by atoms with Crippen LogP contribution in [0.4, 0.5) is 10.1 Å². The van der Waals surface area contributed by atoms with Gasteiger partial charge in [0.2, 0.25) is 5.91 Å². The van der Waals surface area contributed by atoms with E-state index in [4.69, 9.17) is 4.98 Å². The second-order valence-electron chi connectivity index (χ2n) is 6.10. The average molecular weight is 354 g/mol. The van der Waals surface area contributed by atoms with E-state index in [0.717, 1.165) is 27.1 Å². The highest BCUT2D eigenvalue weighted by Gasteiger charge is 2.09. The van der Waals surface area contributed by atoms with Crippen LogP contribution in [0.5, 0.6) is 0 Å². The van der Waals surface area contributed by atoms with Crippen LogP contribution in [0.15, 0.2) is 47.5 Å². The Hall–Kier alpha value is -2.40. The number of aryl methyl sites for hydroxylation is 3. The van der Waals surface area contributed by atoms with Gasteiger partial charge in [0, 0.05) is 11.1 Å². The fraction of sp³-hybridized carbons (Fsp3) is 0.200. The average Bonchev–Trinajstić information content (AvgIpc) is 2.56. The van der Waals surface area contributed by atoms with Gasteiger partial charge in [-0.05, 0) is 68.3 Å². The number of fused-ring (bicyclic) bond motifs is 1. The number of thioether (sulfide) groups is 1. The van der Waals surface area contributed by atoms with Crippen LogP contribution >= 0.6 is 11.8 Å². The predicted molar refractivity (Wildman–Crippen MR) is 102 cm³/mol. The topological polar surface area (TPSA) is 42.0 Å². The molecule has 0 fully saturated rings. The number of carbonyl (C=O) groups is 1. The molecule has 0 bridgehead atoms. The number of halogens is 1. The summed E-state index contributed by atoms with van der Waals surface area (Å²) >= 11 is 1.40. The first-order valence-corrected chi connectivity index (χ1v) is 8.98. The fourth-order valence-corrected chi connectivity index (χ4v) is 3.53. The molecule has 0 unspecified atom stereocenters. The summed E-state index contributed by atoms with van der Waals surface area (Å²) in [6, 6.07) is 12.0. The third kappa shape index (κ3) is 4.17. The van der Waals surface area contributed by atoms with Crippen molar-refractivity contribution in [3.63, 3.8) is 0 Å². The molecule has 1 amide bonds. The Labute approximate surface area is 150 Å². The van der Waals surface area contributed by atoms with Crippen LogP contribution in [0.1, 0.15) is 16.7 Å².